The number of aryl methyl sites for hydroxylation is 1. The van der Waals surface area contributed by atoms with Crippen LogP contribution in [0.2, 0.25) is 0 Å². The lowest BCUT2D eigenvalue weighted by Crippen LogP contribution is -2.30. The lowest BCUT2D eigenvalue weighted by molar-refractivity contribution is -0.118. The molecule has 0 unspecified atom stereocenters. The van der Waals surface area contributed by atoms with E-state index >= 15 is 0 Å². The average molecular weight is 465 g/mol. The maximum Gasteiger partial charge on any atom is 0.229 e. The summed E-state index contributed by atoms with van der Waals surface area (Å²) in [7, 11) is 0. The molecule has 166 valence electrons. The molecule has 2 heterocycles. The zero-order valence-electron chi connectivity index (χ0n) is 18.7. The molecule has 4 rings (SSSR count). The Kier molecular flexibility index (Phi) is 7.33. The Morgan fingerprint density at radius 2 is 1.94 bits per heavy atom. The number of rotatable bonds is 9. The van der Waals surface area contributed by atoms with Crippen molar-refractivity contribution >= 4 is 44.4 Å². The molecule has 4 nitrogen and oxygen atoms in total. The molecule has 2 aromatic carbocycles. The second-order valence-corrected chi connectivity index (χ2v) is 10.3. The predicted molar refractivity (Wildman–Crippen MR) is 135 cm³/mol. The van der Waals surface area contributed by atoms with E-state index in [9.17, 15) is 4.79 Å². The molecule has 0 aliphatic rings. The minimum atomic E-state index is 0.0797. The Morgan fingerprint density at radius 3 is 2.66 bits per heavy atom. The van der Waals surface area contributed by atoms with Gasteiger partial charge in [-0.3, -0.25) is 9.69 Å². The van der Waals surface area contributed by atoms with E-state index in [0.717, 1.165) is 33.3 Å². The lowest BCUT2D eigenvalue weighted by atomic mass is 10.0. The van der Waals surface area contributed by atoms with Crippen LogP contribution in [0.5, 0.6) is 0 Å². The van der Waals surface area contributed by atoms with Gasteiger partial charge in [-0.25, -0.2) is 4.98 Å². The van der Waals surface area contributed by atoms with Crippen LogP contribution in [0.15, 0.2) is 70.2 Å². The molecule has 4 aromatic rings. The zero-order chi connectivity index (χ0) is 22.5. The molecule has 0 radical (unpaired) electrons. The van der Waals surface area contributed by atoms with Crippen LogP contribution in [-0.2, 0) is 11.3 Å². The van der Waals surface area contributed by atoms with Crippen molar-refractivity contribution in [3.63, 3.8) is 0 Å². The van der Waals surface area contributed by atoms with Crippen molar-refractivity contribution in [2.24, 2.45) is 0 Å². The van der Waals surface area contributed by atoms with Crippen molar-refractivity contribution in [1.29, 1.82) is 0 Å². The number of benzene rings is 2. The van der Waals surface area contributed by atoms with Gasteiger partial charge in [0, 0.05) is 11.3 Å². The van der Waals surface area contributed by atoms with Gasteiger partial charge in [0.1, 0.15) is 5.76 Å². The molecule has 0 saturated carbocycles. The molecule has 0 aliphatic carbocycles. The van der Waals surface area contributed by atoms with E-state index < -0.39 is 0 Å². The molecular formula is C26H28N2O2S2. The molecule has 0 aliphatic heterocycles. The second kappa shape index (κ2) is 10.4. The van der Waals surface area contributed by atoms with Crippen LogP contribution in [0, 0.1) is 6.92 Å². The highest BCUT2D eigenvalue weighted by molar-refractivity contribution is 7.99. The number of anilines is 1. The van der Waals surface area contributed by atoms with Crippen LogP contribution in [0.3, 0.4) is 0 Å². The standard InChI is InChI=1S/C26H28N2O2S2/c1-18(2)22-8-4-9-23-25(22)27-26(32-23)28(17-20-7-5-15-30-20)24(29)10-6-16-31-21-13-11-19(3)12-14-21/h4-5,7-9,11-15,18H,6,10,16-17H2,1-3H3. The first-order chi connectivity index (χ1) is 15.5. The topological polar surface area (TPSA) is 46.3 Å². The Morgan fingerprint density at radius 1 is 1.12 bits per heavy atom. The molecular weight excluding hydrogens is 436 g/mol. The van der Waals surface area contributed by atoms with Gasteiger partial charge in [0.05, 0.1) is 23.0 Å². The third kappa shape index (κ3) is 5.43. The largest absolute Gasteiger partial charge is 0.467 e. The number of para-hydroxylation sites is 1. The van der Waals surface area contributed by atoms with Crippen molar-refractivity contribution < 1.29 is 9.21 Å². The molecule has 0 N–H and O–H groups in total. The fourth-order valence-electron chi connectivity index (χ4n) is 3.54. The molecule has 2 aromatic heterocycles. The monoisotopic (exact) mass is 464 g/mol. The highest BCUT2D eigenvalue weighted by Gasteiger charge is 2.22. The number of hydrogen-bond acceptors (Lipinski definition) is 5. The summed E-state index contributed by atoms with van der Waals surface area (Å²) in [5.41, 5.74) is 3.47. The number of fused-ring (bicyclic) bond motifs is 1. The van der Waals surface area contributed by atoms with Gasteiger partial charge in [-0.1, -0.05) is 55.0 Å². The Bertz CT molecular complexity index is 1160. The van der Waals surface area contributed by atoms with E-state index in [1.54, 1.807) is 34.3 Å². The first-order valence-corrected chi connectivity index (χ1v) is 12.7. The number of thioether (sulfide) groups is 1. The number of hydrogen-bond donors (Lipinski definition) is 0. The number of carbonyl (C=O) groups excluding carboxylic acids is 1. The maximum absolute atomic E-state index is 13.3. The molecule has 0 fully saturated rings. The summed E-state index contributed by atoms with van der Waals surface area (Å²) >= 11 is 3.36. The van der Waals surface area contributed by atoms with Gasteiger partial charge in [-0.2, -0.15) is 0 Å². The SMILES string of the molecule is Cc1ccc(SCCCC(=O)N(Cc2ccco2)c2nc3c(C(C)C)cccc3s2)cc1. The zero-order valence-corrected chi connectivity index (χ0v) is 20.3. The highest BCUT2D eigenvalue weighted by atomic mass is 32.2. The van der Waals surface area contributed by atoms with Crippen LogP contribution in [-0.4, -0.2) is 16.6 Å². The summed E-state index contributed by atoms with van der Waals surface area (Å²) in [6.07, 6.45) is 2.94. The van der Waals surface area contributed by atoms with Crippen LogP contribution in [0.4, 0.5) is 5.13 Å². The number of thiazole rings is 1. The van der Waals surface area contributed by atoms with Gasteiger partial charge in [-0.05, 0) is 60.9 Å². The van der Waals surface area contributed by atoms with E-state index in [1.165, 1.54) is 16.0 Å². The minimum Gasteiger partial charge on any atom is -0.467 e. The third-order valence-electron chi connectivity index (χ3n) is 5.31. The molecule has 0 bridgehead atoms. The van der Waals surface area contributed by atoms with Gasteiger partial charge in [0.15, 0.2) is 5.13 Å². The Hall–Kier alpha value is -2.57. The van der Waals surface area contributed by atoms with Gasteiger partial charge in [0.25, 0.3) is 0 Å². The van der Waals surface area contributed by atoms with Crippen molar-refractivity contribution in [3.05, 3.63) is 77.7 Å². The van der Waals surface area contributed by atoms with Crippen LogP contribution < -0.4 is 4.90 Å². The molecule has 0 saturated heterocycles. The Labute approximate surface area is 197 Å². The smallest absolute Gasteiger partial charge is 0.229 e. The number of furan rings is 1. The van der Waals surface area contributed by atoms with E-state index in [-0.39, 0.29) is 5.91 Å². The van der Waals surface area contributed by atoms with E-state index in [4.69, 9.17) is 9.40 Å². The molecule has 6 heteroatoms. The van der Waals surface area contributed by atoms with E-state index in [1.807, 2.05) is 12.1 Å². The molecule has 1 amide bonds. The van der Waals surface area contributed by atoms with Crippen LogP contribution in [0.25, 0.3) is 10.2 Å². The lowest BCUT2D eigenvalue weighted by Gasteiger charge is -2.18. The number of amides is 1. The van der Waals surface area contributed by atoms with Gasteiger partial charge < -0.3 is 4.42 Å². The quantitative estimate of drug-likeness (QED) is 0.191. The van der Waals surface area contributed by atoms with Gasteiger partial charge in [0.2, 0.25) is 5.91 Å². The van der Waals surface area contributed by atoms with Crippen LogP contribution in [0.1, 0.15) is 49.5 Å². The summed E-state index contributed by atoms with van der Waals surface area (Å²) in [6.45, 7) is 6.83. The van der Waals surface area contributed by atoms with Crippen LogP contribution >= 0.6 is 23.1 Å². The third-order valence-corrected chi connectivity index (χ3v) is 7.45. The minimum absolute atomic E-state index is 0.0797. The summed E-state index contributed by atoms with van der Waals surface area (Å²) in [6, 6.07) is 18.5. The number of carbonyl (C=O) groups is 1. The summed E-state index contributed by atoms with van der Waals surface area (Å²) in [4.78, 5) is 21.2. The van der Waals surface area contributed by atoms with Gasteiger partial charge >= 0.3 is 0 Å². The fraction of sp³-hybridized carbons (Fsp3) is 0.308. The van der Waals surface area contributed by atoms with E-state index in [0.29, 0.717) is 18.9 Å². The molecule has 0 spiro atoms. The summed E-state index contributed by atoms with van der Waals surface area (Å²) in [5.74, 6) is 2.12. The fourth-order valence-corrected chi connectivity index (χ4v) is 5.41. The predicted octanol–water partition coefficient (Wildman–Crippen LogP) is 7.43. The molecule has 32 heavy (non-hydrogen) atoms. The first kappa shape index (κ1) is 22.6. The Balaban J connectivity index is 1.49. The maximum atomic E-state index is 13.3. The first-order valence-electron chi connectivity index (χ1n) is 10.9. The van der Waals surface area contributed by atoms with Crippen molar-refractivity contribution in [2.45, 2.75) is 51.0 Å². The van der Waals surface area contributed by atoms with Crippen molar-refractivity contribution in [1.82, 2.24) is 4.98 Å². The summed E-state index contributed by atoms with van der Waals surface area (Å²) in [5, 5.41) is 0.737. The van der Waals surface area contributed by atoms with Crippen molar-refractivity contribution in [3.8, 4) is 0 Å². The molecule has 0 atom stereocenters. The second-order valence-electron chi connectivity index (χ2n) is 8.17. The normalized spacial score (nSPS) is 11.4. The van der Waals surface area contributed by atoms with Gasteiger partial charge in [-0.15, -0.1) is 11.8 Å². The highest BCUT2D eigenvalue weighted by Crippen LogP contribution is 2.34. The number of nitrogens with zero attached hydrogens (tertiary/aromatic N) is 2. The average Bonchev–Trinajstić information content (AvgIpc) is 3.45. The number of aromatic nitrogens is 1. The van der Waals surface area contributed by atoms with E-state index in [2.05, 4.69) is 63.2 Å². The summed E-state index contributed by atoms with van der Waals surface area (Å²) < 4.78 is 6.65. The van der Waals surface area contributed by atoms with Crippen molar-refractivity contribution in [2.75, 3.05) is 10.7 Å².